The number of nitrogens with one attached hydrogen (secondary N) is 2. The molecule has 3 aromatic rings. The lowest BCUT2D eigenvalue weighted by Gasteiger charge is -2.43. The zero-order valence-corrected chi connectivity index (χ0v) is 21.6. The number of carbonyl (C=O) groups is 3. The number of amides is 3. The standard InChI is InChI=1S/C26H31N5O4S/c1-4-13-31-24(33)22-21(23(32)27-12-11-20-6-5-14-36-20)29-17-30(22)16-26(31,2)25(34)28-15-18-7-9-19(35-3)10-8-18/h5-10,14,17H,4,11-13,15-16H2,1-3H3,(H,27,32)(H,28,34)/t26-/m0/s1. The predicted octanol–water partition coefficient (Wildman–Crippen LogP) is 2.87. The summed E-state index contributed by atoms with van der Waals surface area (Å²) < 4.78 is 6.80. The van der Waals surface area contributed by atoms with Crippen molar-refractivity contribution in [3.8, 4) is 5.75 Å². The molecule has 2 N–H and O–H groups in total. The minimum Gasteiger partial charge on any atom is -0.497 e. The third-order valence-electron chi connectivity index (χ3n) is 6.36. The van der Waals surface area contributed by atoms with Gasteiger partial charge in [-0.1, -0.05) is 25.1 Å². The predicted molar refractivity (Wildman–Crippen MR) is 137 cm³/mol. The molecule has 2 aromatic heterocycles. The van der Waals surface area contributed by atoms with Crippen LogP contribution in [0.1, 0.15) is 51.7 Å². The van der Waals surface area contributed by atoms with Crippen LogP contribution in [0, 0.1) is 0 Å². The molecule has 3 heterocycles. The zero-order chi connectivity index (χ0) is 25.7. The van der Waals surface area contributed by atoms with Crippen molar-refractivity contribution in [2.75, 3.05) is 20.2 Å². The van der Waals surface area contributed by atoms with Gasteiger partial charge >= 0.3 is 0 Å². The van der Waals surface area contributed by atoms with Crippen LogP contribution in [0.3, 0.4) is 0 Å². The van der Waals surface area contributed by atoms with E-state index in [4.69, 9.17) is 4.74 Å². The lowest BCUT2D eigenvalue weighted by atomic mass is 9.94. The fourth-order valence-electron chi connectivity index (χ4n) is 4.38. The van der Waals surface area contributed by atoms with Crippen LogP contribution in [-0.2, 0) is 24.3 Å². The maximum absolute atomic E-state index is 13.6. The Morgan fingerprint density at radius 1 is 1.19 bits per heavy atom. The Morgan fingerprint density at radius 3 is 2.64 bits per heavy atom. The van der Waals surface area contributed by atoms with E-state index in [1.165, 1.54) is 11.2 Å². The highest BCUT2D eigenvalue weighted by molar-refractivity contribution is 7.09. The van der Waals surface area contributed by atoms with Crippen molar-refractivity contribution >= 4 is 29.1 Å². The third kappa shape index (κ3) is 5.13. The minimum absolute atomic E-state index is 0.0907. The first kappa shape index (κ1) is 25.4. The molecule has 9 nitrogen and oxygen atoms in total. The lowest BCUT2D eigenvalue weighted by Crippen LogP contribution is -2.64. The quantitative estimate of drug-likeness (QED) is 0.437. The Balaban J connectivity index is 1.49. The van der Waals surface area contributed by atoms with Crippen molar-refractivity contribution in [3.63, 3.8) is 0 Å². The van der Waals surface area contributed by atoms with E-state index in [1.54, 1.807) is 34.8 Å². The van der Waals surface area contributed by atoms with Gasteiger partial charge in [0.1, 0.15) is 17.0 Å². The molecule has 3 amide bonds. The van der Waals surface area contributed by atoms with Crippen molar-refractivity contribution in [1.29, 1.82) is 0 Å². The van der Waals surface area contributed by atoms with Gasteiger partial charge in [-0.25, -0.2) is 4.98 Å². The number of nitrogens with zero attached hydrogens (tertiary/aromatic N) is 3. The van der Waals surface area contributed by atoms with Gasteiger partial charge in [0.05, 0.1) is 20.0 Å². The van der Waals surface area contributed by atoms with Gasteiger partial charge in [-0.05, 0) is 48.9 Å². The van der Waals surface area contributed by atoms with Gasteiger partial charge < -0.3 is 24.8 Å². The molecule has 0 saturated heterocycles. The average Bonchev–Trinajstić information content (AvgIpc) is 3.55. The van der Waals surface area contributed by atoms with Crippen LogP contribution in [0.25, 0.3) is 0 Å². The number of thiophene rings is 1. The summed E-state index contributed by atoms with van der Waals surface area (Å²) in [6.45, 7) is 5.07. The number of rotatable bonds is 10. The van der Waals surface area contributed by atoms with Crippen molar-refractivity contribution in [2.24, 2.45) is 0 Å². The highest BCUT2D eigenvalue weighted by Gasteiger charge is 2.48. The van der Waals surface area contributed by atoms with E-state index in [0.29, 0.717) is 32.5 Å². The Morgan fingerprint density at radius 2 is 1.97 bits per heavy atom. The number of imidazole rings is 1. The number of hydrogen-bond acceptors (Lipinski definition) is 6. The van der Waals surface area contributed by atoms with Gasteiger partial charge in [-0.15, -0.1) is 11.3 Å². The van der Waals surface area contributed by atoms with Gasteiger partial charge in [0, 0.05) is 24.5 Å². The van der Waals surface area contributed by atoms with E-state index in [2.05, 4.69) is 15.6 Å². The Bertz CT molecular complexity index is 1220. The largest absolute Gasteiger partial charge is 0.497 e. The highest BCUT2D eigenvalue weighted by atomic mass is 32.1. The van der Waals surface area contributed by atoms with Gasteiger partial charge in [-0.3, -0.25) is 14.4 Å². The Kier molecular flexibility index (Phi) is 7.73. The summed E-state index contributed by atoms with van der Waals surface area (Å²) in [6, 6.07) is 11.4. The monoisotopic (exact) mass is 509 g/mol. The first-order chi connectivity index (χ1) is 17.4. The number of methoxy groups -OCH3 is 1. The van der Waals surface area contributed by atoms with Crippen LogP contribution in [0.4, 0.5) is 0 Å². The summed E-state index contributed by atoms with van der Waals surface area (Å²) in [7, 11) is 1.60. The number of fused-ring (bicyclic) bond motifs is 1. The van der Waals surface area contributed by atoms with Gasteiger partial charge in [0.15, 0.2) is 5.69 Å². The molecule has 0 aliphatic carbocycles. The maximum atomic E-state index is 13.6. The number of carbonyl (C=O) groups excluding carboxylic acids is 3. The van der Waals surface area contributed by atoms with Crippen LogP contribution >= 0.6 is 11.3 Å². The second-order valence-corrected chi connectivity index (χ2v) is 9.95. The van der Waals surface area contributed by atoms with Crippen molar-refractivity contribution in [3.05, 3.63) is 69.9 Å². The van der Waals surface area contributed by atoms with E-state index in [9.17, 15) is 14.4 Å². The fourth-order valence-corrected chi connectivity index (χ4v) is 5.09. The van der Waals surface area contributed by atoms with Crippen molar-refractivity contribution in [1.82, 2.24) is 25.1 Å². The van der Waals surface area contributed by atoms with Crippen LogP contribution < -0.4 is 15.4 Å². The summed E-state index contributed by atoms with van der Waals surface area (Å²) in [5.41, 5.74) is 0.104. The first-order valence-electron chi connectivity index (χ1n) is 12.0. The average molecular weight is 510 g/mol. The number of aromatic nitrogens is 2. The molecule has 1 atom stereocenters. The molecule has 0 bridgehead atoms. The molecular formula is C26H31N5O4S. The summed E-state index contributed by atoms with van der Waals surface area (Å²) in [4.78, 5) is 46.9. The molecular weight excluding hydrogens is 478 g/mol. The fraction of sp³-hybridized carbons (Fsp3) is 0.385. The molecule has 0 radical (unpaired) electrons. The molecule has 1 aliphatic heterocycles. The van der Waals surface area contributed by atoms with Crippen LogP contribution in [0.15, 0.2) is 48.1 Å². The third-order valence-corrected chi connectivity index (χ3v) is 7.30. The normalized spacial score (nSPS) is 17.0. The molecule has 0 spiro atoms. The number of benzene rings is 1. The first-order valence-corrected chi connectivity index (χ1v) is 12.8. The lowest BCUT2D eigenvalue weighted by molar-refractivity contribution is -0.133. The summed E-state index contributed by atoms with van der Waals surface area (Å²) in [5.74, 6) is -0.284. The Labute approximate surface area is 214 Å². The van der Waals surface area contributed by atoms with Crippen LogP contribution in [0.2, 0.25) is 0 Å². The molecule has 36 heavy (non-hydrogen) atoms. The number of ether oxygens (including phenoxy) is 1. The summed E-state index contributed by atoms with van der Waals surface area (Å²) >= 11 is 1.63. The molecule has 0 fully saturated rings. The van der Waals surface area contributed by atoms with Crippen molar-refractivity contribution in [2.45, 2.75) is 45.3 Å². The topological polar surface area (TPSA) is 106 Å². The van der Waals surface area contributed by atoms with Gasteiger partial charge in [0.25, 0.3) is 11.8 Å². The van der Waals surface area contributed by atoms with Crippen LogP contribution in [0.5, 0.6) is 5.75 Å². The summed E-state index contributed by atoms with van der Waals surface area (Å²) in [6.07, 6.45) is 2.85. The molecule has 190 valence electrons. The highest BCUT2D eigenvalue weighted by Crippen LogP contribution is 2.29. The number of hydrogen-bond donors (Lipinski definition) is 2. The molecule has 1 aromatic carbocycles. The minimum atomic E-state index is -1.12. The molecule has 1 aliphatic rings. The van der Waals surface area contributed by atoms with E-state index in [1.807, 2.05) is 48.7 Å². The SMILES string of the molecule is CCCN1C(=O)c2c(C(=O)NCCc3cccs3)ncn2C[C@@]1(C)C(=O)NCc1ccc(OC)cc1. The van der Waals surface area contributed by atoms with E-state index in [0.717, 1.165) is 11.3 Å². The molecule has 0 unspecified atom stereocenters. The molecule has 10 heteroatoms. The molecule has 0 saturated carbocycles. The van der Waals surface area contributed by atoms with Crippen molar-refractivity contribution < 1.29 is 19.1 Å². The Hall–Kier alpha value is -3.66. The van der Waals surface area contributed by atoms with Crippen LogP contribution in [-0.4, -0.2) is 57.9 Å². The second-order valence-electron chi connectivity index (χ2n) is 8.92. The van der Waals surface area contributed by atoms with Gasteiger partial charge in [-0.2, -0.15) is 0 Å². The molecule has 4 rings (SSSR count). The smallest absolute Gasteiger partial charge is 0.273 e. The van der Waals surface area contributed by atoms with E-state index in [-0.39, 0.29) is 29.7 Å². The summed E-state index contributed by atoms with van der Waals surface area (Å²) in [5, 5.41) is 7.83. The maximum Gasteiger partial charge on any atom is 0.273 e. The van der Waals surface area contributed by atoms with E-state index < -0.39 is 11.4 Å². The second kappa shape index (κ2) is 10.9. The van der Waals surface area contributed by atoms with Gasteiger partial charge in [0.2, 0.25) is 5.91 Å². The zero-order valence-electron chi connectivity index (χ0n) is 20.7. The van der Waals surface area contributed by atoms with E-state index >= 15 is 0 Å².